The monoisotopic (exact) mass is 208 g/mol. The molecule has 0 saturated carbocycles. The number of hydrogen-bond acceptors (Lipinski definition) is 3. The fourth-order valence-corrected chi connectivity index (χ4v) is 1.04. The molecular formula is C12H16O3. The molecule has 1 atom stereocenters. The first-order chi connectivity index (χ1) is 7.33. The number of ether oxygens (including phenoxy) is 2. The maximum absolute atomic E-state index is 9.45. The molecule has 82 valence electrons. The summed E-state index contributed by atoms with van der Waals surface area (Å²) in [6.45, 7) is 4.46. The van der Waals surface area contributed by atoms with Gasteiger partial charge in [0.05, 0.1) is 13.2 Å². The number of rotatable bonds is 7. The van der Waals surface area contributed by atoms with Gasteiger partial charge in [-0.1, -0.05) is 24.3 Å². The van der Waals surface area contributed by atoms with Gasteiger partial charge < -0.3 is 14.6 Å². The highest BCUT2D eigenvalue weighted by molar-refractivity contribution is 5.20. The minimum atomic E-state index is -0.606. The first-order valence-electron chi connectivity index (χ1n) is 4.87. The molecule has 0 fully saturated rings. The normalized spacial score (nSPS) is 12.1. The van der Waals surface area contributed by atoms with Gasteiger partial charge in [0, 0.05) is 0 Å². The molecule has 0 heterocycles. The predicted molar refractivity (Wildman–Crippen MR) is 59.0 cm³/mol. The molecule has 0 amide bonds. The maximum Gasteiger partial charge on any atom is 0.119 e. The Morgan fingerprint density at radius 2 is 2.00 bits per heavy atom. The van der Waals surface area contributed by atoms with Gasteiger partial charge in [0.15, 0.2) is 0 Å². The Balaban J connectivity index is 2.16. The highest BCUT2D eigenvalue weighted by atomic mass is 16.5. The summed E-state index contributed by atoms with van der Waals surface area (Å²) in [7, 11) is 0. The van der Waals surface area contributed by atoms with E-state index in [1.807, 2.05) is 30.3 Å². The van der Waals surface area contributed by atoms with E-state index in [0.717, 1.165) is 5.75 Å². The fraction of sp³-hybridized carbons (Fsp3) is 0.333. The van der Waals surface area contributed by atoms with Crippen molar-refractivity contribution in [2.45, 2.75) is 6.10 Å². The van der Waals surface area contributed by atoms with Crippen molar-refractivity contribution in [2.24, 2.45) is 0 Å². The minimum Gasteiger partial charge on any atom is -0.491 e. The second-order valence-electron chi connectivity index (χ2n) is 3.10. The number of hydrogen-bond donors (Lipinski definition) is 1. The van der Waals surface area contributed by atoms with Crippen molar-refractivity contribution in [1.82, 2.24) is 0 Å². The first kappa shape index (κ1) is 11.8. The lowest BCUT2D eigenvalue weighted by Gasteiger charge is -2.11. The molecule has 1 rings (SSSR count). The largest absolute Gasteiger partial charge is 0.491 e. The van der Waals surface area contributed by atoms with Crippen LogP contribution in [0.15, 0.2) is 43.0 Å². The van der Waals surface area contributed by atoms with Crippen LogP contribution in [0.2, 0.25) is 0 Å². The van der Waals surface area contributed by atoms with E-state index in [1.54, 1.807) is 6.08 Å². The summed E-state index contributed by atoms with van der Waals surface area (Å²) < 4.78 is 10.4. The Bertz CT molecular complexity index is 271. The first-order valence-corrected chi connectivity index (χ1v) is 4.87. The van der Waals surface area contributed by atoms with Crippen LogP contribution in [0, 0.1) is 0 Å². The predicted octanol–water partition coefficient (Wildman–Crippen LogP) is 1.63. The fourth-order valence-electron chi connectivity index (χ4n) is 1.04. The SMILES string of the molecule is C=CCOCC(O)COc1ccccc1. The zero-order valence-electron chi connectivity index (χ0n) is 8.63. The molecule has 1 N–H and O–H groups in total. The van der Waals surface area contributed by atoms with Gasteiger partial charge in [0.25, 0.3) is 0 Å². The highest BCUT2D eigenvalue weighted by Gasteiger charge is 2.04. The Kier molecular flexibility index (Phi) is 5.51. The van der Waals surface area contributed by atoms with Crippen LogP contribution in [-0.4, -0.2) is 31.0 Å². The standard InChI is InChI=1S/C12H16O3/c1-2-8-14-9-11(13)10-15-12-6-4-3-5-7-12/h2-7,11,13H,1,8-10H2. The van der Waals surface area contributed by atoms with Gasteiger partial charge in [-0.05, 0) is 12.1 Å². The van der Waals surface area contributed by atoms with Gasteiger partial charge in [-0.3, -0.25) is 0 Å². The van der Waals surface area contributed by atoms with Gasteiger partial charge in [-0.2, -0.15) is 0 Å². The van der Waals surface area contributed by atoms with E-state index in [-0.39, 0.29) is 13.2 Å². The Labute approximate surface area is 90.0 Å². The average molecular weight is 208 g/mol. The Hall–Kier alpha value is -1.32. The summed E-state index contributed by atoms with van der Waals surface area (Å²) >= 11 is 0. The van der Waals surface area contributed by atoms with Crippen LogP contribution in [0.3, 0.4) is 0 Å². The quantitative estimate of drug-likeness (QED) is 0.546. The lowest BCUT2D eigenvalue weighted by atomic mass is 10.3. The van der Waals surface area contributed by atoms with Crippen molar-refractivity contribution in [3.8, 4) is 5.75 Å². The minimum absolute atomic E-state index is 0.237. The van der Waals surface area contributed by atoms with E-state index >= 15 is 0 Å². The number of para-hydroxylation sites is 1. The zero-order chi connectivity index (χ0) is 10.9. The van der Waals surface area contributed by atoms with Gasteiger partial charge in [0.1, 0.15) is 18.5 Å². The number of aliphatic hydroxyl groups excluding tert-OH is 1. The average Bonchev–Trinajstić information content (AvgIpc) is 2.28. The van der Waals surface area contributed by atoms with Crippen LogP contribution in [0.25, 0.3) is 0 Å². The summed E-state index contributed by atoms with van der Waals surface area (Å²) in [4.78, 5) is 0. The van der Waals surface area contributed by atoms with Crippen molar-refractivity contribution in [3.63, 3.8) is 0 Å². The molecule has 0 aliphatic rings. The second kappa shape index (κ2) is 7.04. The van der Waals surface area contributed by atoms with Crippen molar-refractivity contribution in [1.29, 1.82) is 0 Å². The summed E-state index contributed by atoms with van der Waals surface area (Å²) in [6, 6.07) is 9.37. The number of benzene rings is 1. The number of aliphatic hydroxyl groups is 1. The van der Waals surface area contributed by atoms with E-state index in [9.17, 15) is 5.11 Å². The molecule has 0 radical (unpaired) electrons. The van der Waals surface area contributed by atoms with Crippen LogP contribution < -0.4 is 4.74 Å². The van der Waals surface area contributed by atoms with Crippen LogP contribution in [0.1, 0.15) is 0 Å². The third kappa shape index (κ3) is 5.20. The second-order valence-corrected chi connectivity index (χ2v) is 3.10. The molecule has 0 bridgehead atoms. The van der Waals surface area contributed by atoms with Crippen LogP contribution in [0.4, 0.5) is 0 Å². The smallest absolute Gasteiger partial charge is 0.119 e. The van der Waals surface area contributed by atoms with Crippen molar-refractivity contribution in [3.05, 3.63) is 43.0 Å². The summed E-state index contributed by atoms with van der Waals surface area (Å²) in [5.41, 5.74) is 0. The van der Waals surface area contributed by atoms with E-state index in [0.29, 0.717) is 6.61 Å². The molecular weight excluding hydrogens is 192 g/mol. The molecule has 1 unspecified atom stereocenters. The molecule has 1 aromatic carbocycles. The van der Waals surface area contributed by atoms with Gasteiger partial charge in [-0.25, -0.2) is 0 Å². The molecule has 1 aromatic rings. The Morgan fingerprint density at radius 3 is 2.67 bits per heavy atom. The third-order valence-corrected chi connectivity index (χ3v) is 1.73. The third-order valence-electron chi connectivity index (χ3n) is 1.73. The van der Waals surface area contributed by atoms with Crippen molar-refractivity contribution in [2.75, 3.05) is 19.8 Å². The van der Waals surface area contributed by atoms with Crippen molar-refractivity contribution < 1.29 is 14.6 Å². The van der Waals surface area contributed by atoms with Crippen LogP contribution >= 0.6 is 0 Å². The van der Waals surface area contributed by atoms with E-state index in [4.69, 9.17) is 9.47 Å². The zero-order valence-corrected chi connectivity index (χ0v) is 8.63. The Morgan fingerprint density at radius 1 is 1.27 bits per heavy atom. The summed E-state index contributed by atoms with van der Waals surface area (Å²) in [5.74, 6) is 0.750. The van der Waals surface area contributed by atoms with Crippen LogP contribution in [0.5, 0.6) is 5.75 Å². The molecule has 3 heteroatoms. The van der Waals surface area contributed by atoms with E-state index in [2.05, 4.69) is 6.58 Å². The summed E-state index contributed by atoms with van der Waals surface area (Å²) in [6.07, 6.45) is 1.04. The molecule has 3 nitrogen and oxygen atoms in total. The molecule has 0 aliphatic heterocycles. The van der Waals surface area contributed by atoms with E-state index < -0.39 is 6.10 Å². The van der Waals surface area contributed by atoms with Gasteiger partial charge in [0.2, 0.25) is 0 Å². The highest BCUT2D eigenvalue weighted by Crippen LogP contribution is 2.08. The molecule has 15 heavy (non-hydrogen) atoms. The molecule has 0 saturated heterocycles. The summed E-state index contributed by atoms with van der Waals surface area (Å²) in [5, 5.41) is 9.45. The molecule has 0 aromatic heterocycles. The molecule has 0 aliphatic carbocycles. The topological polar surface area (TPSA) is 38.7 Å². The molecule has 0 spiro atoms. The van der Waals surface area contributed by atoms with Crippen LogP contribution in [-0.2, 0) is 4.74 Å². The lowest BCUT2D eigenvalue weighted by molar-refractivity contribution is 0.0214. The van der Waals surface area contributed by atoms with Gasteiger partial charge >= 0.3 is 0 Å². The van der Waals surface area contributed by atoms with E-state index in [1.165, 1.54) is 0 Å². The maximum atomic E-state index is 9.45. The van der Waals surface area contributed by atoms with Crippen molar-refractivity contribution >= 4 is 0 Å². The van der Waals surface area contributed by atoms with Gasteiger partial charge in [-0.15, -0.1) is 6.58 Å². The lowest BCUT2D eigenvalue weighted by Crippen LogP contribution is -2.23.